The topological polar surface area (TPSA) is 59.2 Å². The van der Waals surface area contributed by atoms with Crippen molar-refractivity contribution in [1.82, 2.24) is 24.2 Å². The summed E-state index contributed by atoms with van der Waals surface area (Å²) in [4.78, 5) is 21.8. The molecular formula is C31H43FN6OP2. The first-order chi connectivity index (χ1) is 19.4. The largest absolute Gasteiger partial charge is 0.367 e. The maximum Gasteiger partial charge on any atom is 0.230 e. The number of aromatic nitrogens is 4. The average Bonchev–Trinajstić information content (AvgIpc) is 3.42. The molecule has 10 heteroatoms. The molecule has 1 fully saturated rings. The number of carbonyl (C=O) groups is 1. The fourth-order valence-corrected chi connectivity index (χ4v) is 6.12. The van der Waals surface area contributed by atoms with Gasteiger partial charge in [-0.3, -0.25) is 9.69 Å². The van der Waals surface area contributed by atoms with Crippen molar-refractivity contribution in [3.05, 3.63) is 58.8 Å². The van der Waals surface area contributed by atoms with Gasteiger partial charge < -0.3 is 9.47 Å². The van der Waals surface area contributed by atoms with Gasteiger partial charge in [-0.15, -0.1) is 18.5 Å². The Labute approximate surface area is 248 Å². The molecule has 0 spiro atoms. The van der Waals surface area contributed by atoms with Crippen LogP contribution in [0.3, 0.4) is 0 Å². The molecule has 1 amide bonds. The van der Waals surface area contributed by atoms with Gasteiger partial charge in [0.2, 0.25) is 5.91 Å². The smallest absolute Gasteiger partial charge is 0.230 e. The molecule has 1 aliphatic heterocycles. The van der Waals surface area contributed by atoms with E-state index < -0.39 is 0 Å². The van der Waals surface area contributed by atoms with Crippen LogP contribution in [0, 0.1) is 5.82 Å². The summed E-state index contributed by atoms with van der Waals surface area (Å²) in [6, 6.07) is 7.26. The number of benzene rings is 1. The van der Waals surface area contributed by atoms with Crippen molar-refractivity contribution in [3.8, 4) is 11.4 Å². The molecule has 220 valence electrons. The minimum atomic E-state index is -0.345. The number of allylic oxidation sites excluding steroid dienone is 1. The molecule has 3 aromatic rings. The monoisotopic (exact) mass is 596 g/mol. The van der Waals surface area contributed by atoms with E-state index in [1.54, 1.807) is 11.0 Å². The lowest BCUT2D eigenvalue weighted by Crippen LogP contribution is -2.36. The van der Waals surface area contributed by atoms with Crippen LogP contribution in [-0.2, 0) is 29.3 Å². The summed E-state index contributed by atoms with van der Waals surface area (Å²) in [5.41, 5.74) is 5.59. The molecule has 1 saturated carbocycles. The van der Waals surface area contributed by atoms with E-state index in [2.05, 4.69) is 51.2 Å². The third-order valence-corrected chi connectivity index (χ3v) is 9.46. The Hall–Kier alpha value is -2.56. The number of aryl methyl sites for hydroxylation is 2. The van der Waals surface area contributed by atoms with Crippen LogP contribution in [0.1, 0.15) is 83.7 Å². The Morgan fingerprint density at radius 1 is 1.20 bits per heavy atom. The van der Waals surface area contributed by atoms with Crippen molar-refractivity contribution >= 4 is 35.9 Å². The number of imidazole rings is 1. The third-order valence-electron chi connectivity index (χ3n) is 8.87. The van der Waals surface area contributed by atoms with Crippen molar-refractivity contribution < 1.29 is 9.18 Å². The molecule has 7 nitrogen and oxygen atoms in total. The van der Waals surface area contributed by atoms with Gasteiger partial charge in [0.25, 0.3) is 0 Å². The van der Waals surface area contributed by atoms with E-state index in [0.29, 0.717) is 30.9 Å². The Kier molecular flexibility index (Phi) is 8.22. The summed E-state index contributed by atoms with van der Waals surface area (Å²) in [6.07, 6.45) is 6.75. The van der Waals surface area contributed by atoms with Crippen LogP contribution in [0.2, 0.25) is 0 Å². The van der Waals surface area contributed by atoms with Crippen molar-refractivity contribution in [2.75, 3.05) is 11.9 Å². The van der Waals surface area contributed by atoms with Crippen molar-refractivity contribution in [2.45, 2.75) is 96.8 Å². The van der Waals surface area contributed by atoms with Crippen LogP contribution < -0.4 is 4.90 Å². The van der Waals surface area contributed by atoms with Gasteiger partial charge in [-0.2, -0.15) is 5.10 Å². The predicted octanol–water partition coefficient (Wildman–Crippen LogP) is 6.78. The molecule has 2 atom stereocenters. The van der Waals surface area contributed by atoms with Crippen molar-refractivity contribution in [1.29, 1.82) is 0 Å². The lowest BCUT2D eigenvalue weighted by atomic mass is 10.0. The highest BCUT2D eigenvalue weighted by atomic mass is 31.1. The van der Waals surface area contributed by atoms with E-state index in [1.807, 2.05) is 41.4 Å². The normalized spacial score (nSPS) is 17.0. The molecule has 0 radical (unpaired) electrons. The fourth-order valence-electron chi connectivity index (χ4n) is 5.84. The fraction of sp³-hybridized carbons (Fsp3) is 0.516. The number of hydrogen-bond acceptors (Lipinski definition) is 4. The number of hydrogen-bond donors (Lipinski definition) is 0. The van der Waals surface area contributed by atoms with Crippen LogP contribution in [-0.4, -0.2) is 42.7 Å². The maximum absolute atomic E-state index is 15.6. The summed E-state index contributed by atoms with van der Waals surface area (Å²) in [7, 11) is 7.71. The minimum absolute atomic E-state index is 0.0260. The first-order valence-electron chi connectivity index (χ1n) is 14.7. The van der Waals surface area contributed by atoms with Gasteiger partial charge in [0.15, 0.2) is 0 Å². The first kappa shape index (κ1) is 29.9. The van der Waals surface area contributed by atoms with Crippen LogP contribution in [0.25, 0.3) is 17.1 Å². The van der Waals surface area contributed by atoms with Crippen molar-refractivity contribution in [3.63, 3.8) is 0 Å². The number of amides is 1. The molecule has 3 heterocycles. The standard InChI is InChI=1S/C31H43FN6OP2/c1-7-20(4)28(35(6)31(8-2)13-14-31)24-17-26-37(27(39)12-15-38(26)34-24)18-21-10-11-22(23(32)16-21)29-33-25(30(5,40)41)19-36(29)9-3/h10-11,16-17,19H,7-9,12-15,18,40-41H2,1-6H3/b28-20-. The molecule has 5 rings (SSSR count). The van der Waals surface area contributed by atoms with Crippen molar-refractivity contribution in [2.24, 2.45) is 0 Å². The van der Waals surface area contributed by atoms with Gasteiger partial charge in [-0.05, 0) is 69.7 Å². The lowest BCUT2D eigenvalue weighted by Gasteiger charge is -2.32. The van der Waals surface area contributed by atoms with Crippen LogP contribution in [0.5, 0.6) is 0 Å². The second-order valence-electron chi connectivity index (χ2n) is 11.8. The Bertz CT molecular complexity index is 1500. The van der Waals surface area contributed by atoms with E-state index in [0.717, 1.165) is 41.3 Å². The third kappa shape index (κ3) is 5.62. The number of carbonyl (C=O) groups excluding carboxylic acids is 1. The highest BCUT2D eigenvalue weighted by Crippen LogP contribution is 2.48. The van der Waals surface area contributed by atoms with Crippen LogP contribution in [0.15, 0.2) is 36.0 Å². The second kappa shape index (κ2) is 11.3. The SMILES string of the molecule is CC/C(C)=C(/c1cc2n(n1)CCC(=O)N2Cc1ccc(-c2nc(C(C)(P)P)cn2CC)c(F)c1)N(C)C1(CC)CC1. The number of fused-ring (bicyclic) bond motifs is 1. The highest BCUT2D eigenvalue weighted by Gasteiger charge is 2.46. The van der Waals surface area contributed by atoms with E-state index in [4.69, 9.17) is 10.1 Å². The number of halogens is 1. The molecule has 41 heavy (non-hydrogen) atoms. The minimum Gasteiger partial charge on any atom is -0.367 e. The van der Waals surface area contributed by atoms with Gasteiger partial charge in [0, 0.05) is 42.7 Å². The summed E-state index contributed by atoms with van der Waals surface area (Å²) in [5.74, 6) is 1.05. The van der Waals surface area contributed by atoms with E-state index >= 15 is 4.39 Å². The summed E-state index contributed by atoms with van der Waals surface area (Å²) >= 11 is 0. The summed E-state index contributed by atoms with van der Waals surface area (Å²) < 4.78 is 19.5. The van der Waals surface area contributed by atoms with Gasteiger partial charge in [-0.25, -0.2) is 14.1 Å². The Morgan fingerprint density at radius 3 is 2.51 bits per heavy atom. The zero-order valence-corrected chi connectivity index (χ0v) is 27.5. The maximum atomic E-state index is 15.6. The molecule has 1 aliphatic carbocycles. The molecule has 1 aromatic carbocycles. The van der Waals surface area contributed by atoms with Crippen LogP contribution >= 0.6 is 18.5 Å². The van der Waals surface area contributed by atoms with E-state index in [-0.39, 0.29) is 28.7 Å². The zero-order valence-electron chi connectivity index (χ0n) is 25.2. The van der Waals surface area contributed by atoms with E-state index in [1.165, 1.54) is 24.5 Å². The highest BCUT2D eigenvalue weighted by molar-refractivity contribution is 7.38. The number of nitrogens with zero attached hydrogens (tertiary/aromatic N) is 6. The Morgan fingerprint density at radius 2 is 1.93 bits per heavy atom. The Balaban J connectivity index is 1.45. The molecule has 0 N–H and O–H groups in total. The van der Waals surface area contributed by atoms with E-state index in [9.17, 15) is 4.79 Å². The lowest BCUT2D eigenvalue weighted by molar-refractivity contribution is -0.119. The number of anilines is 1. The number of rotatable bonds is 10. The van der Waals surface area contributed by atoms with Crippen LogP contribution in [0.4, 0.5) is 10.2 Å². The molecule has 2 unspecified atom stereocenters. The molecule has 0 saturated heterocycles. The first-order valence-corrected chi connectivity index (χ1v) is 15.8. The molecule has 0 bridgehead atoms. The molecular weight excluding hydrogens is 553 g/mol. The quantitative estimate of drug-likeness (QED) is 0.242. The molecule has 2 aromatic heterocycles. The van der Waals surface area contributed by atoms with Gasteiger partial charge in [-0.1, -0.05) is 19.9 Å². The second-order valence-corrected chi connectivity index (χ2v) is 14.9. The summed E-state index contributed by atoms with van der Waals surface area (Å²) in [5, 5.41) is 4.99. The van der Waals surface area contributed by atoms with Gasteiger partial charge in [0.1, 0.15) is 23.2 Å². The zero-order chi connectivity index (χ0) is 29.7. The average molecular weight is 597 g/mol. The van der Waals surface area contributed by atoms with Gasteiger partial charge >= 0.3 is 0 Å². The summed E-state index contributed by atoms with van der Waals surface area (Å²) in [6.45, 7) is 12.2. The predicted molar refractivity (Wildman–Crippen MR) is 171 cm³/mol. The molecule has 2 aliphatic rings. The van der Waals surface area contributed by atoms with Gasteiger partial charge in [0.05, 0.1) is 30.0 Å².